The minimum atomic E-state index is -0.0150. The van der Waals surface area contributed by atoms with Crippen LogP contribution in [0.1, 0.15) is 40.5 Å². The summed E-state index contributed by atoms with van der Waals surface area (Å²) in [5.41, 5.74) is 0. The second-order valence-corrected chi connectivity index (χ2v) is 4.39. The van der Waals surface area contributed by atoms with E-state index >= 15 is 0 Å². The van der Waals surface area contributed by atoms with Gasteiger partial charge in [0.15, 0.2) is 0 Å². The summed E-state index contributed by atoms with van der Waals surface area (Å²) in [6.07, 6.45) is 6.40. The maximum absolute atomic E-state index is 6.22. The van der Waals surface area contributed by atoms with E-state index in [2.05, 4.69) is 32.9 Å². The van der Waals surface area contributed by atoms with Gasteiger partial charge in [-0.05, 0) is 32.6 Å². The topological polar surface area (TPSA) is 0 Å². The SMILES string of the molecule is C/C=C\C(C)C[C@@](C)(Cl)CC. The zero-order valence-corrected chi connectivity index (χ0v) is 8.78. The van der Waals surface area contributed by atoms with Crippen LogP contribution in [-0.4, -0.2) is 4.87 Å². The molecule has 0 radical (unpaired) electrons. The third-order valence-electron chi connectivity index (χ3n) is 2.01. The van der Waals surface area contributed by atoms with Crippen molar-refractivity contribution in [2.45, 2.75) is 45.4 Å². The molecule has 0 aromatic rings. The van der Waals surface area contributed by atoms with E-state index in [4.69, 9.17) is 11.6 Å². The van der Waals surface area contributed by atoms with Crippen molar-refractivity contribution in [2.24, 2.45) is 5.92 Å². The van der Waals surface area contributed by atoms with Gasteiger partial charge in [0.05, 0.1) is 0 Å². The summed E-state index contributed by atoms with van der Waals surface area (Å²) in [4.78, 5) is -0.0150. The van der Waals surface area contributed by atoms with Crippen molar-refractivity contribution >= 4 is 11.6 Å². The normalized spacial score (nSPS) is 20.1. The lowest BCUT2D eigenvalue weighted by Crippen LogP contribution is -2.17. The minimum absolute atomic E-state index is 0.0150. The fourth-order valence-electron chi connectivity index (χ4n) is 1.21. The molecule has 0 fully saturated rings. The average molecular weight is 175 g/mol. The molecular weight excluding hydrogens is 156 g/mol. The Labute approximate surface area is 75.6 Å². The van der Waals surface area contributed by atoms with Gasteiger partial charge in [0.25, 0.3) is 0 Å². The maximum atomic E-state index is 6.22. The molecule has 0 nitrogen and oxygen atoms in total. The molecule has 0 saturated heterocycles. The number of rotatable bonds is 4. The molecule has 0 aliphatic carbocycles. The molecule has 1 heteroatoms. The molecule has 0 N–H and O–H groups in total. The van der Waals surface area contributed by atoms with E-state index in [0.29, 0.717) is 5.92 Å². The zero-order chi connectivity index (χ0) is 8.91. The Morgan fingerprint density at radius 2 is 2.09 bits per heavy atom. The molecule has 0 aromatic carbocycles. The molecule has 0 aromatic heterocycles. The molecule has 0 aliphatic rings. The van der Waals surface area contributed by atoms with Gasteiger partial charge in [-0.1, -0.05) is 26.0 Å². The summed E-state index contributed by atoms with van der Waals surface area (Å²) in [6, 6.07) is 0. The van der Waals surface area contributed by atoms with Crippen LogP contribution in [0.25, 0.3) is 0 Å². The molecule has 0 amide bonds. The molecule has 0 spiro atoms. The first-order valence-electron chi connectivity index (χ1n) is 4.33. The quantitative estimate of drug-likeness (QED) is 0.447. The van der Waals surface area contributed by atoms with Crippen LogP contribution in [0.15, 0.2) is 12.2 Å². The lowest BCUT2D eigenvalue weighted by Gasteiger charge is -2.22. The monoisotopic (exact) mass is 174 g/mol. The van der Waals surface area contributed by atoms with Crippen LogP contribution in [0.4, 0.5) is 0 Å². The average Bonchev–Trinajstić information content (AvgIpc) is 1.87. The van der Waals surface area contributed by atoms with Crippen molar-refractivity contribution < 1.29 is 0 Å². The van der Waals surface area contributed by atoms with Crippen molar-refractivity contribution in [1.29, 1.82) is 0 Å². The number of halogens is 1. The summed E-state index contributed by atoms with van der Waals surface area (Å²) in [6.45, 7) is 8.49. The van der Waals surface area contributed by atoms with Crippen molar-refractivity contribution in [3.63, 3.8) is 0 Å². The van der Waals surface area contributed by atoms with Gasteiger partial charge in [-0.15, -0.1) is 11.6 Å². The first-order valence-corrected chi connectivity index (χ1v) is 4.71. The van der Waals surface area contributed by atoms with Crippen molar-refractivity contribution in [1.82, 2.24) is 0 Å². The van der Waals surface area contributed by atoms with E-state index in [1.165, 1.54) is 0 Å². The minimum Gasteiger partial charge on any atom is -0.120 e. The van der Waals surface area contributed by atoms with Crippen molar-refractivity contribution in [2.75, 3.05) is 0 Å². The van der Waals surface area contributed by atoms with E-state index in [1.807, 2.05) is 6.92 Å². The van der Waals surface area contributed by atoms with Gasteiger partial charge in [0.2, 0.25) is 0 Å². The molecule has 0 rings (SSSR count). The van der Waals surface area contributed by atoms with Gasteiger partial charge in [0, 0.05) is 4.87 Å². The lowest BCUT2D eigenvalue weighted by molar-refractivity contribution is 0.488. The van der Waals surface area contributed by atoms with E-state index < -0.39 is 0 Å². The standard InChI is InChI=1S/C10H19Cl/c1-5-7-9(3)8-10(4,11)6-2/h5,7,9H,6,8H2,1-4H3/b7-5-/t9?,10-/m0/s1. The molecular formula is C10H19Cl. The Kier molecular flexibility index (Phi) is 4.83. The number of hydrogen-bond acceptors (Lipinski definition) is 0. The van der Waals surface area contributed by atoms with E-state index in [1.54, 1.807) is 0 Å². The van der Waals surface area contributed by atoms with Gasteiger partial charge >= 0.3 is 0 Å². The van der Waals surface area contributed by atoms with Crippen LogP contribution in [0, 0.1) is 5.92 Å². The summed E-state index contributed by atoms with van der Waals surface area (Å²) in [7, 11) is 0. The van der Waals surface area contributed by atoms with Gasteiger partial charge in [-0.3, -0.25) is 0 Å². The van der Waals surface area contributed by atoms with Crippen LogP contribution in [0.3, 0.4) is 0 Å². The summed E-state index contributed by atoms with van der Waals surface area (Å²) >= 11 is 6.22. The highest BCUT2D eigenvalue weighted by molar-refractivity contribution is 6.23. The Morgan fingerprint density at radius 3 is 2.45 bits per heavy atom. The van der Waals surface area contributed by atoms with Crippen LogP contribution in [0.5, 0.6) is 0 Å². The van der Waals surface area contributed by atoms with Gasteiger partial charge in [0.1, 0.15) is 0 Å². The van der Waals surface area contributed by atoms with Crippen LogP contribution < -0.4 is 0 Å². The van der Waals surface area contributed by atoms with Crippen molar-refractivity contribution in [3.05, 3.63) is 12.2 Å². The molecule has 0 bridgehead atoms. The third kappa shape index (κ3) is 5.32. The van der Waals surface area contributed by atoms with Gasteiger partial charge in [-0.25, -0.2) is 0 Å². The number of hydrogen-bond donors (Lipinski definition) is 0. The molecule has 0 aliphatic heterocycles. The predicted octanol–water partition coefficient (Wildman–Crippen LogP) is 4.00. The number of alkyl halides is 1. The van der Waals surface area contributed by atoms with Gasteiger partial charge < -0.3 is 0 Å². The third-order valence-corrected chi connectivity index (χ3v) is 2.43. The molecule has 0 saturated carbocycles. The second kappa shape index (κ2) is 4.82. The summed E-state index contributed by atoms with van der Waals surface area (Å²) in [5, 5.41) is 0. The highest BCUT2D eigenvalue weighted by Gasteiger charge is 2.19. The fourth-order valence-corrected chi connectivity index (χ4v) is 1.46. The zero-order valence-electron chi connectivity index (χ0n) is 8.02. The smallest absolute Gasteiger partial charge is 0.0421 e. The van der Waals surface area contributed by atoms with E-state index in [0.717, 1.165) is 12.8 Å². The Bertz CT molecular complexity index is 125. The van der Waals surface area contributed by atoms with Gasteiger partial charge in [-0.2, -0.15) is 0 Å². The van der Waals surface area contributed by atoms with E-state index in [9.17, 15) is 0 Å². The highest BCUT2D eigenvalue weighted by atomic mass is 35.5. The number of allylic oxidation sites excluding steroid dienone is 2. The van der Waals surface area contributed by atoms with Crippen molar-refractivity contribution in [3.8, 4) is 0 Å². The maximum Gasteiger partial charge on any atom is 0.0421 e. The molecule has 66 valence electrons. The fraction of sp³-hybridized carbons (Fsp3) is 0.800. The van der Waals surface area contributed by atoms with Crippen LogP contribution >= 0.6 is 11.6 Å². The Morgan fingerprint density at radius 1 is 1.55 bits per heavy atom. The highest BCUT2D eigenvalue weighted by Crippen LogP contribution is 2.27. The second-order valence-electron chi connectivity index (χ2n) is 3.47. The largest absolute Gasteiger partial charge is 0.120 e. The lowest BCUT2D eigenvalue weighted by atomic mass is 9.94. The predicted molar refractivity (Wildman–Crippen MR) is 53.1 cm³/mol. The Hall–Kier alpha value is 0.0300. The van der Waals surface area contributed by atoms with Crippen LogP contribution in [0.2, 0.25) is 0 Å². The molecule has 1 unspecified atom stereocenters. The first-order chi connectivity index (χ1) is 5.02. The molecule has 2 atom stereocenters. The summed E-state index contributed by atoms with van der Waals surface area (Å²) in [5.74, 6) is 0.599. The Balaban J connectivity index is 3.82. The molecule has 11 heavy (non-hydrogen) atoms. The first kappa shape index (κ1) is 11.0. The van der Waals surface area contributed by atoms with Crippen LogP contribution in [-0.2, 0) is 0 Å². The summed E-state index contributed by atoms with van der Waals surface area (Å²) < 4.78 is 0. The van der Waals surface area contributed by atoms with E-state index in [-0.39, 0.29) is 4.87 Å². The molecule has 0 heterocycles.